The summed E-state index contributed by atoms with van der Waals surface area (Å²) < 4.78 is 0. The number of nitrogens with one attached hydrogen (secondary N) is 2. The van der Waals surface area contributed by atoms with Gasteiger partial charge in [-0.25, -0.2) is 0 Å². The third-order valence-corrected chi connectivity index (χ3v) is 4.06. The molecular weight excluding hydrogens is 304 g/mol. The number of benzene rings is 1. The summed E-state index contributed by atoms with van der Waals surface area (Å²) in [4.78, 5) is 0. The van der Waals surface area contributed by atoms with Crippen LogP contribution in [0.3, 0.4) is 0 Å². The van der Waals surface area contributed by atoms with Crippen LogP contribution in [0.2, 0.25) is 0 Å². The Morgan fingerprint density at radius 2 is 1.64 bits per heavy atom. The standard InChI is InChI=1S/C23H36N2/c1-9-11-18(24-15-10-2)14-16-25-19-12-13-20(22(3,4)5)21(17-19)23(6,7)8/h9-14,17,24-25H,2,15-16H2,1,3-8H3/b11-9-,18-14+. The first kappa shape index (κ1) is 21.1. The van der Waals surface area contributed by atoms with Crippen LogP contribution in [0.25, 0.3) is 0 Å². The SMILES string of the molecule is C=CCNC(/C=C\C)=C/CNc1ccc(C(C)(C)C)c(C(C)(C)C)c1. The number of hydrogen-bond donors (Lipinski definition) is 2. The van der Waals surface area contributed by atoms with Crippen molar-refractivity contribution >= 4 is 5.69 Å². The fourth-order valence-electron chi connectivity index (χ4n) is 2.78. The zero-order chi connectivity index (χ0) is 19.1. The Balaban J connectivity index is 2.98. The molecule has 1 rings (SSSR count). The number of allylic oxidation sites excluding steroid dienone is 2. The highest BCUT2D eigenvalue weighted by Gasteiger charge is 2.25. The van der Waals surface area contributed by atoms with E-state index in [-0.39, 0.29) is 10.8 Å². The molecule has 0 radical (unpaired) electrons. The minimum atomic E-state index is 0.123. The first-order valence-corrected chi connectivity index (χ1v) is 9.16. The van der Waals surface area contributed by atoms with E-state index in [9.17, 15) is 0 Å². The maximum absolute atomic E-state index is 3.75. The molecule has 0 aliphatic rings. The molecule has 0 aliphatic heterocycles. The van der Waals surface area contributed by atoms with Gasteiger partial charge in [-0.1, -0.05) is 59.8 Å². The molecule has 0 fully saturated rings. The molecule has 25 heavy (non-hydrogen) atoms. The lowest BCUT2D eigenvalue weighted by molar-refractivity contribution is 0.530. The molecule has 138 valence electrons. The topological polar surface area (TPSA) is 24.1 Å². The Kier molecular flexibility index (Phi) is 7.54. The molecule has 0 spiro atoms. The second kappa shape index (κ2) is 8.94. The Morgan fingerprint density at radius 1 is 1.00 bits per heavy atom. The van der Waals surface area contributed by atoms with Crippen LogP contribution in [0.15, 0.2) is 54.8 Å². The van der Waals surface area contributed by atoms with Crippen molar-refractivity contribution in [2.24, 2.45) is 0 Å². The number of rotatable bonds is 7. The normalized spacial score (nSPS) is 13.2. The van der Waals surface area contributed by atoms with E-state index in [2.05, 4.69) is 89.1 Å². The number of anilines is 1. The predicted molar refractivity (Wildman–Crippen MR) is 113 cm³/mol. The van der Waals surface area contributed by atoms with E-state index < -0.39 is 0 Å². The van der Waals surface area contributed by atoms with Crippen LogP contribution in [0.4, 0.5) is 5.69 Å². The van der Waals surface area contributed by atoms with Crippen molar-refractivity contribution in [2.45, 2.75) is 59.3 Å². The lowest BCUT2D eigenvalue weighted by atomic mass is 9.75. The van der Waals surface area contributed by atoms with E-state index in [0.29, 0.717) is 0 Å². The molecule has 1 aromatic carbocycles. The molecule has 0 saturated heterocycles. The average Bonchev–Trinajstić information content (AvgIpc) is 2.50. The molecule has 0 bridgehead atoms. The van der Waals surface area contributed by atoms with Gasteiger partial charge in [0.05, 0.1) is 0 Å². The summed E-state index contributed by atoms with van der Waals surface area (Å²) in [5.41, 5.74) is 5.37. The summed E-state index contributed by atoms with van der Waals surface area (Å²) in [7, 11) is 0. The van der Waals surface area contributed by atoms with Gasteiger partial charge in [0.1, 0.15) is 0 Å². The molecule has 0 aliphatic carbocycles. The maximum Gasteiger partial charge on any atom is 0.0353 e. The van der Waals surface area contributed by atoms with E-state index in [1.54, 1.807) is 0 Å². The van der Waals surface area contributed by atoms with Gasteiger partial charge < -0.3 is 10.6 Å². The second-order valence-electron chi connectivity index (χ2n) is 8.47. The monoisotopic (exact) mass is 340 g/mol. The van der Waals surface area contributed by atoms with E-state index in [4.69, 9.17) is 0 Å². The minimum absolute atomic E-state index is 0.123. The Morgan fingerprint density at radius 3 is 2.16 bits per heavy atom. The third kappa shape index (κ3) is 6.81. The van der Waals surface area contributed by atoms with Crippen molar-refractivity contribution in [3.05, 3.63) is 65.9 Å². The zero-order valence-corrected chi connectivity index (χ0v) is 17.2. The minimum Gasteiger partial charge on any atom is -0.382 e. The van der Waals surface area contributed by atoms with Crippen molar-refractivity contribution in [3.8, 4) is 0 Å². The summed E-state index contributed by atoms with van der Waals surface area (Å²) >= 11 is 0. The van der Waals surface area contributed by atoms with Crippen LogP contribution in [-0.4, -0.2) is 13.1 Å². The molecule has 0 unspecified atom stereocenters. The van der Waals surface area contributed by atoms with E-state index in [1.165, 1.54) is 11.1 Å². The molecular formula is C23H36N2. The van der Waals surface area contributed by atoms with Crippen LogP contribution < -0.4 is 10.6 Å². The van der Waals surface area contributed by atoms with Crippen LogP contribution in [-0.2, 0) is 10.8 Å². The van der Waals surface area contributed by atoms with Crippen molar-refractivity contribution < 1.29 is 0 Å². The van der Waals surface area contributed by atoms with Gasteiger partial charge >= 0.3 is 0 Å². The van der Waals surface area contributed by atoms with E-state index >= 15 is 0 Å². The van der Waals surface area contributed by atoms with Gasteiger partial charge in [0.2, 0.25) is 0 Å². The summed E-state index contributed by atoms with van der Waals surface area (Å²) in [5, 5.41) is 6.86. The maximum atomic E-state index is 3.75. The van der Waals surface area contributed by atoms with Crippen molar-refractivity contribution in [1.82, 2.24) is 5.32 Å². The van der Waals surface area contributed by atoms with Crippen LogP contribution in [0.5, 0.6) is 0 Å². The highest BCUT2D eigenvalue weighted by Crippen LogP contribution is 2.35. The molecule has 2 heteroatoms. The molecule has 2 nitrogen and oxygen atoms in total. The molecule has 0 atom stereocenters. The summed E-state index contributed by atoms with van der Waals surface area (Å²) in [5.74, 6) is 0. The summed E-state index contributed by atoms with van der Waals surface area (Å²) in [6.07, 6.45) is 8.15. The van der Waals surface area contributed by atoms with Crippen LogP contribution >= 0.6 is 0 Å². The molecule has 0 amide bonds. The van der Waals surface area contributed by atoms with Gasteiger partial charge in [-0.05, 0) is 53.2 Å². The Labute approximate surface area is 155 Å². The second-order valence-corrected chi connectivity index (χ2v) is 8.47. The Bertz CT molecular complexity index is 622. The molecule has 0 saturated carbocycles. The fourth-order valence-corrected chi connectivity index (χ4v) is 2.78. The summed E-state index contributed by atoms with van der Waals surface area (Å²) in [6.45, 7) is 21.0. The first-order valence-electron chi connectivity index (χ1n) is 9.16. The van der Waals surface area contributed by atoms with Gasteiger partial charge in [0.25, 0.3) is 0 Å². The highest BCUT2D eigenvalue weighted by molar-refractivity contribution is 5.52. The van der Waals surface area contributed by atoms with Crippen molar-refractivity contribution in [2.75, 3.05) is 18.4 Å². The van der Waals surface area contributed by atoms with Crippen LogP contribution in [0, 0.1) is 0 Å². The van der Waals surface area contributed by atoms with Gasteiger partial charge in [-0.3, -0.25) is 0 Å². The first-order chi connectivity index (χ1) is 11.6. The number of hydrogen-bond acceptors (Lipinski definition) is 2. The van der Waals surface area contributed by atoms with Crippen molar-refractivity contribution in [1.29, 1.82) is 0 Å². The van der Waals surface area contributed by atoms with Gasteiger partial charge in [-0.15, -0.1) is 6.58 Å². The molecule has 2 N–H and O–H groups in total. The third-order valence-electron chi connectivity index (χ3n) is 4.06. The van der Waals surface area contributed by atoms with Gasteiger partial charge in [0.15, 0.2) is 0 Å². The highest BCUT2D eigenvalue weighted by atomic mass is 14.9. The van der Waals surface area contributed by atoms with Gasteiger partial charge in [-0.2, -0.15) is 0 Å². The van der Waals surface area contributed by atoms with Crippen molar-refractivity contribution in [3.63, 3.8) is 0 Å². The largest absolute Gasteiger partial charge is 0.382 e. The quantitative estimate of drug-likeness (QED) is 0.475. The van der Waals surface area contributed by atoms with E-state index in [1.807, 2.05) is 19.1 Å². The smallest absolute Gasteiger partial charge is 0.0353 e. The molecule has 0 aromatic heterocycles. The van der Waals surface area contributed by atoms with E-state index in [0.717, 1.165) is 24.5 Å². The predicted octanol–water partition coefficient (Wildman–Crippen LogP) is 5.93. The molecule has 0 heterocycles. The fraction of sp³-hybridized carbons (Fsp3) is 0.478. The lowest BCUT2D eigenvalue weighted by Gasteiger charge is -2.30. The van der Waals surface area contributed by atoms with Gasteiger partial charge in [0, 0.05) is 24.5 Å². The average molecular weight is 341 g/mol. The molecule has 1 aromatic rings. The Hall–Kier alpha value is -1.96. The zero-order valence-electron chi connectivity index (χ0n) is 17.2. The lowest BCUT2D eigenvalue weighted by Crippen LogP contribution is -2.22. The van der Waals surface area contributed by atoms with Crippen LogP contribution in [0.1, 0.15) is 59.6 Å². The summed E-state index contributed by atoms with van der Waals surface area (Å²) in [6, 6.07) is 6.77.